The average Bonchev–Trinajstić information content (AvgIpc) is 3.24. The minimum atomic E-state index is -0.923. The Balaban J connectivity index is 1.45. The van der Waals surface area contributed by atoms with Crippen molar-refractivity contribution in [2.45, 2.75) is 68.7 Å². The van der Waals surface area contributed by atoms with Crippen LogP contribution >= 0.6 is 0 Å². The first-order chi connectivity index (χ1) is 17.8. The van der Waals surface area contributed by atoms with Gasteiger partial charge in [0, 0.05) is 29.6 Å². The Hall–Kier alpha value is -3.01. The summed E-state index contributed by atoms with van der Waals surface area (Å²) < 4.78 is 12.6. The standard InChI is InChI=1S/C31H36N2O4/c1-20(2)19-33(26(34)13-10-21-8-6-5-7-9-21)23-14-15-31(35)25-18-22-11-12-24(36-4)28-27(22)30(31,29(23)37-28)16-17-32(25)3/h5-9,11-12,20,23,25,29,35H,14-19H2,1-4H3/t23-,25-,29+,30+,31-/m1/s1. The lowest BCUT2D eigenvalue weighted by molar-refractivity contribution is -0.197. The molecule has 6 nitrogen and oxygen atoms in total. The summed E-state index contributed by atoms with van der Waals surface area (Å²) in [6.45, 7) is 5.71. The number of likely N-dealkylation sites (N-methyl/N-ethyl adjacent to an activating group) is 1. The molecule has 5 atom stereocenters. The van der Waals surface area contributed by atoms with Crippen LogP contribution in [-0.2, 0) is 16.6 Å². The van der Waals surface area contributed by atoms with Crippen molar-refractivity contribution in [3.63, 3.8) is 0 Å². The van der Waals surface area contributed by atoms with E-state index in [1.807, 2.05) is 41.3 Å². The Labute approximate surface area is 219 Å². The summed E-state index contributed by atoms with van der Waals surface area (Å²) in [7, 11) is 3.79. The summed E-state index contributed by atoms with van der Waals surface area (Å²) in [5, 5.41) is 12.5. The van der Waals surface area contributed by atoms with Gasteiger partial charge in [-0.1, -0.05) is 44.0 Å². The number of hydrogen-bond acceptors (Lipinski definition) is 5. The number of amides is 1. The number of rotatable bonds is 4. The van der Waals surface area contributed by atoms with Crippen LogP contribution in [0.5, 0.6) is 11.5 Å². The Morgan fingerprint density at radius 2 is 2.03 bits per heavy atom. The number of ether oxygens (including phenoxy) is 2. The zero-order chi connectivity index (χ0) is 25.9. The Bertz CT molecular complexity index is 1280. The highest BCUT2D eigenvalue weighted by Crippen LogP contribution is 2.65. The molecule has 2 aliphatic carbocycles. The van der Waals surface area contributed by atoms with Crippen molar-refractivity contribution in [1.82, 2.24) is 9.80 Å². The van der Waals surface area contributed by atoms with Gasteiger partial charge in [0.1, 0.15) is 6.10 Å². The first-order valence-corrected chi connectivity index (χ1v) is 13.5. The number of benzene rings is 2. The van der Waals surface area contributed by atoms with E-state index in [9.17, 15) is 9.90 Å². The highest BCUT2D eigenvalue weighted by Gasteiger charge is 2.73. The molecule has 2 bridgehead atoms. The molecule has 0 unspecified atom stereocenters. The van der Waals surface area contributed by atoms with E-state index in [0.29, 0.717) is 25.1 Å². The second-order valence-corrected chi connectivity index (χ2v) is 11.6. The lowest BCUT2D eigenvalue weighted by Gasteiger charge is -2.64. The van der Waals surface area contributed by atoms with Gasteiger partial charge in [0.15, 0.2) is 11.5 Å². The number of likely N-dealkylation sites (tertiary alicyclic amines) is 1. The van der Waals surface area contributed by atoms with Gasteiger partial charge in [0.05, 0.1) is 24.2 Å². The van der Waals surface area contributed by atoms with Crippen LogP contribution in [0, 0.1) is 17.8 Å². The van der Waals surface area contributed by atoms with E-state index >= 15 is 0 Å². The maximum Gasteiger partial charge on any atom is 0.299 e. The topological polar surface area (TPSA) is 62.2 Å². The van der Waals surface area contributed by atoms with Crippen molar-refractivity contribution in [2.75, 3.05) is 27.2 Å². The number of piperidine rings is 1. The number of nitrogens with zero attached hydrogens (tertiary/aromatic N) is 2. The molecule has 37 heavy (non-hydrogen) atoms. The van der Waals surface area contributed by atoms with E-state index in [1.165, 1.54) is 5.56 Å². The monoisotopic (exact) mass is 500 g/mol. The van der Waals surface area contributed by atoms with Gasteiger partial charge in [-0.3, -0.25) is 4.79 Å². The molecule has 194 valence electrons. The van der Waals surface area contributed by atoms with Crippen LogP contribution in [0.3, 0.4) is 0 Å². The van der Waals surface area contributed by atoms with E-state index in [0.717, 1.165) is 36.3 Å². The first-order valence-electron chi connectivity index (χ1n) is 13.5. The average molecular weight is 501 g/mol. The molecule has 0 radical (unpaired) electrons. The molecule has 0 aromatic heterocycles. The maximum absolute atomic E-state index is 13.7. The zero-order valence-electron chi connectivity index (χ0n) is 22.2. The fourth-order valence-electron chi connectivity index (χ4n) is 7.68. The number of hydrogen-bond donors (Lipinski definition) is 1. The Kier molecular flexibility index (Phi) is 5.78. The molecule has 1 amide bonds. The van der Waals surface area contributed by atoms with E-state index in [2.05, 4.69) is 43.7 Å². The van der Waals surface area contributed by atoms with E-state index in [1.54, 1.807) is 7.11 Å². The van der Waals surface area contributed by atoms with Crippen LogP contribution in [0.1, 0.15) is 49.8 Å². The van der Waals surface area contributed by atoms with Crippen LogP contribution in [0.25, 0.3) is 0 Å². The van der Waals surface area contributed by atoms with Crippen LogP contribution in [0.2, 0.25) is 0 Å². The number of methoxy groups -OCH3 is 1. The minimum absolute atomic E-state index is 0.0206. The Morgan fingerprint density at radius 3 is 2.76 bits per heavy atom. The second kappa shape index (κ2) is 8.79. The quantitative estimate of drug-likeness (QED) is 0.653. The summed E-state index contributed by atoms with van der Waals surface area (Å²) in [6, 6.07) is 13.6. The first kappa shape index (κ1) is 24.3. The minimum Gasteiger partial charge on any atom is -0.493 e. The van der Waals surface area contributed by atoms with Gasteiger partial charge in [0.2, 0.25) is 0 Å². The molecule has 2 heterocycles. The van der Waals surface area contributed by atoms with Crippen LogP contribution in [0.15, 0.2) is 42.5 Å². The zero-order valence-corrected chi connectivity index (χ0v) is 22.2. The van der Waals surface area contributed by atoms with Gasteiger partial charge in [-0.05, 0) is 69.0 Å². The van der Waals surface area contributed by atoms with E-state index < -0.39 is 11.0 Å². The highest BCUT2D eigenvalue weighted by atomic mass is 16.5. The molecule has 1 spiro atoms. The molecule has 1 N–H and O–H groups in total. The van der Waals surface area contributed by atoms with E-state index in [-0.39, 0.29) is 30.0 Å². The molecule has 2 fully saturated rings. The van der Waals surface area contributed by atoms with Crippen molar-refractivity contribution in [3.05, 3.63) is 59.2 Å². The molecule has 2 aromatic rings. The molecule has 6 rings (SSSR count). The van der Waals surface area contributed by atoms with Crippen molar-refractivity contribution >= 4 is 5.91 Å². The van der Waals surface area contributed by atoms with Crippen LogP contribution < -0.4 is 9.47 Å². The van der Waals surface area contributed by atoms with Crippen molar-refractivity contribution in [2.24, 2.45) is 5.92 Å². The molecule has 2 aromatic carbocycles. The Morgan fingerprint density at radius 1 is 1.24 bits per heavy atom. The van der Waals surface area contributed by atoms with Gasteiger partial charge in [0.25, 0.3) is 5.91 Å². The SMILES string of the molecule is COc1ccc2c3c1O[C@H]1[C@H](N(CC(C)C)C(=O)C#Cc4ccccc4)CC[C@@]4(O)[C@@H](C2)N(C)CC[C@]314. The lowest BCUT2D eigenvalue weighted by Crippen LogP contribution is -2.78. The fourth-order valence-corrected chi connectivity index (χ4v) is 7.68. The number of carbonyl (C=O) groups is 1. The fraction of sp³-hybridized carbons (Fsp3) is 0.516. The summed E-state index contributed by atoms with van der Waals surface area (Å²) >= 11 is 0. The summed E-state index contributed by atoms with van der Waals surface area (Å²) in [5.74, 6) is 7.52. The third-order valence-corrected chi connectivity index (χ3v) is 9.21. The lowest BCUT2D eigenvalue weighted by atomic mass is 9.48. The van der Waals surface area contributed by atoms with Gasteiger partial charge < -0.3 is 24.4 Å². The van der Waals surface area contributed by atoms with Gasteiger partial charge in [-0.15, -0.1) is 0 Å². The molecule has 1 saturated carbocycles. The highest BCUT2D eigenvalue weighted by molar-refractivity contribution is 5.94. The van der Waals surface area contributed by atoms with Gasteiger partial charge in [-0.2, -0.15) is 0 Å². The molecule has 1 saturated heterocycles. The second-order valence-electron chi connectivity index (χ2n) is 11.6. The molecule has 2 aliphatic heterocycles. The number of aliphatic hydroxyl groups is 1. The largest absolute Gasteiger partial charge is 0.493 e. The number of carbonyl (C=O) groups excluding carboxylic acids is 1. The van der Waals surface area contributed by atoms with Crippen LogP contribution in [-0.4, -0.2) is 71.8 Å². The van der Waals surface area contributed by atoms with Crippen LogP contribution in [0.4, 0.5) is 0 Å². The predicted octanol–water partition coefficient (Wildman–Crippen LogP) is 3.38. The van der Waals surface area contributed by atoms with Crippen molar-refractivity contribution in [3.8, 4) is 23.3 Å². The van der Waals surface area contributed by atoms with Gasteiger partial charge >= 0.3 is 0 Å². The normalized spacial score (nSPS) is 31.1. The van der Waals surface area contributed by atoms with E-state index in [4.69, 9.17) is 9.47 Å². The molecule has 4 aliphatic rings. The third kappa shape index (κ3) is 3.44. The summed E-state index contributed by atoms with van der Waals surface area (Å²) in [5.41, 5.74) is 1.66. The van der Waals surface area contributed by atoms with Crippen molar-refractivity contribution in [1.29, 1.82) is 0 Å². The summed E-state index contributed by atoms with van der Waals surface area (Å²) in [6.07, 6.45) is 2.51. The third-order valence-electron chi connectivity index (χ3n) is 9.21. The smallest absolute Gasteiger partial charge is 0.299 e. The summed E-state index contributed by atoms with van der Waals surface area (Å²) in [4.78, 5) is 17.9. The van der Waals surface area contributed by atoms with Gasteiger partial charge in [-0.25, -0.2) is 0 Å². The van der Waals surface area contributed by atoms with Crippen molar-refractivity contribution < 1.29 is 19.4 Å². The molecular formula is C31H36N2O4. The molecular weight excluding hydrogens is 464 g/mol. The molecule has 6 heteroatoms. The predicted molar refractivity (Wildman–Crippen MR) is 142 cm³/mol. The maximum atomic E-state index is 13.7.